The van der Waals surface area contributed by atoms with E-state index in [-0.39, 0.29) is 11.8 Å². The lowest BCUT2D eigenvalue weighted by Gasteiger charge is -2.30. The summed E-state index contributed by atoms with van der Waals surface area (Å²) in [7, 11) is 1.60. The smallest absolute Gasteiger partial charge is 0.306 e. The number of piperidine rings is 1. The zero-order chi connectivity index (χ0) is 18.5. The predicted octanol–water partition coefficient (Wildman–Crippen LogP) is 3.38. The number of para-hydroxylation sites is 3. The van der Waals surface area contributed by atoms with E-state index >= 15 is 0 Å². The third kappa shape index (κ3) is 3.79. The van der Waals surface area contributed by atoms with Crippen molar-refractivity contribution in [2.24, 2.45) is 5.92 Å². The van der Waals surface area contributed by atoms with Crippen LogP contribution in [0.15, 0.2) is 48.5 Å². The van der Waals surface area contributed by atoms with Crippen LogP contribution in [0.2, 0.25) is 0 Å². The van der Waals surface area contributed by atoms with Gasteiger partial charge in [-0.3, -0.25) is 9.59 Å². The fraction of sp³-hybridized carbons (Fsp3) is 0.300. The molecule has 0 aliphatic carbocycles. The maximum Gasteiger partial charge on any atom is 0.306 e. The molecular formula is C20H22N2O4. The number of carboxylic acids is 1. The maximum absolute atomic E-state index is 12.9. The van der Waals surface area contributed by atoms with Gasteiger partial charge >= 0.3 is 5.97 Å². The molecule has 0 bridgehead atoms. The zero-order valence-corrected chi connectivity index (χ0v) is 14.6. The lowest BCUT2D eigenvalue weighted by Crippen LogP contribution is -2.40. The van der Waals surface area contributed by atoms with E-state index in [0.29, 0.717) is 42.9 Å². The molecule has 0 spiro atoms. The van der Waals surface area contributed by atoms with E-state index in [4.69, 9.17) is 9.84 Å². The second-order valence-electron chi connectivity index (χ2n) is 6.28. The van der Waals surface area contributed by atoms with Gasteiger partial charge in [0, 0.05) is 13.1 Å². The largest absolute Gasteiger partial charge is 0.495 e. The first-order valence-corrected chi connectivity index (χ1v) is 8.61. The van der Waals surface area contributed by atoms with Crippen LogP contribution in [0.4, 0.5) is 11.4 Å². The molecule has 1 heterocycles. The highest BCUT2D eigenvalue weighted by Crippen LogP contribution is 2.30. The Morgan fingerprint density at radius 2 is 1.65 bits per heavy atom. The second-order valence-corrected chi connectivity index (χ2v) is 6.28. The minimum atomic E-state index is -0.782. The number of ether oxygens (including phenoxy) is 1. The Morgan fingerprint density at radius 3 is 2.31 bits per heavy atom. The Balaban J connectivity index is 1.79. The molecule has 1 fully saturated rings. The number of anilines is 2. The SMILES string of the molecule is COc1ccccc1Nc1ccccc1C(=O)N1CCC(C(=O)O)CC1. The van der Waals surface area contributed by atoms with E-state index in [1.807, 2.05) is 42.5 Å². The molecular weight excluding hydrogens is 332 g/mol. The number of benzene rings is 2. The molecule has 1 aliphatic heterocycles. The van der Waals surface area contributed by atoms with Crippen molar-refractivity contribution in [3.05, 3.63) is 54.1 Å². The predicted molar refractivity (Wildman–Crippen MR) is 99.0 cm³/mol. The summed E-state index contributed by atoms with van der Waals surface area (Å²) in [6.07, 6.45) is 0.979. The second kappa shape index (κ2) is 7.91. The van der Waals surface area contributed by atoms with Crippen LogP contribution in [-0.2, 0) is 4.79 Å². The van der Waals surface area contributed by atoms with Crippen LogP contribution in [-0.4, -0.2) is 42.1 Å². The summed E-state index contributed by atoms with van der Waals surface area (Å²) in [6, 6.07) is 14.8. The summed E-state index contributed by atoms with van der Waals surface area (Å²) in [6.45, 7) is 0.914. The van der Waals surface area contributed by atoms with Gasteiger partial charge in [-0.1, -0.05) is 24.3 Å². The van der Waals surface area contributed by atoms with Gasteiger partial charge in [-0.25, -0.2) is 0 Å². The average molecular weight is 354 g/mol. The van der Waals surface area contributed by atoms with Gasteiger partial charge in [-0.05, 0) is 37.1 Å². The quantitative estimate of drug-likeness (QED) is 0.861. The van der Waals surface area contributed by atoms with Crippen LogP contribution in [0.5, 0.6) is 5.75 Å². The lowest BCUT2D eigenvalue weighted by molar-refractivity contribution is -0.143. The lowest BCUT2D eigenvalue weighted by atomic mass is 9.96. The van der Waals surface area contributed by atoms with E-state index in [1.54, 1.807) is 18.1 Å². The standard InChI is InChI=1S/C20H22N2O4/c1-26-18-9-5-4-8-17(18)21-16-7-3-2-6-15(16)19(23)22-12-10-14(11-13-22)20(24)25/h2-9,14,21H,10-13H2,1H3,(H,24,25). The minimum Gasteiger partial charge on any atom is -0.495 e. The molecule has 1 saturated heterocycles. The highest BCUT2D eigenvalue weighted by atomic mass is 16.5. The molecule has 1 amide bonds. The van der Waals surface area contributed by atoms with Gasteiger partial charge in [-0.15, -0.1) is 0 Å². The summed E-state index contributed by atoms with van der Waals surface area (Å²) in [5.74, 6) is -0.541. The number of carbonyl (C=O) groups excluding carboxylic acids is 1. The van der Waals surface area contributed by atoms with Gasteiger partial charge in [0.1, 0.15) is 5.75 Å². The summed E-state index contributed by atoms with van der Waals surface area (Å²) in [4.78, 5) is 25.8. The monoisotopic (exact) mass is 354 g/mol. The molecule has 6 nitrogen and oxygen atoms in total. The Kier molecular flexibility index (Phi) is 5.41. The number of rotatable bonds is 5. The van der Waals surface area contributed by atoms with E-state index in [9.17, 15) is 9.59 Å². The Bertz CT molecular complexity index is 798. The number of nitrogens with one attached hydrogen (secondary N) is 1. The number of carbonyl (C=O) groups is 2. The fourth-order valence-electron chi connectivity index (χ4n) is 3.17. The highest BCUT2D eigenvalue weighted by Gasteiger charge is 2.28. The molecule has 2 aromatic rings. The number of hydrogen-bond donors (Lipinski definition) is 2. The van der Waals surface area contributed by atoms with Crippen LogP contribution < -0.4 is 10.1 Å². The molecule has 0 unspecified atom stereocenters. The van der Waals surface area contributed by atoms with Gasteiger partial charge in [0.25, 0.3) is 5.91 Å². The van der Waals surface area contributed by atoms with Gasteiger partial charge in [0.2, 0.25) is 0 Å². The Labute approximate surface area is 152 Å². The Hall–Kier alpha value is -3.02. The van der Waals surface area contributed by atoms with Crippen molar-refractivity contribution in [3.8, 4) is 5.75 Å². The molecule has 1 aliphatic rings. The summed E-state index contributed by atoms with van der Waals surface area (Å²) >= 11 is 0. The van der Waals surface area contributed by atoms with E-state index < -0.39 is 5.97 Å². The molecule has 2 N–H and O–H groups in total. The Morgan fingerprint density at radius 1 is 1.04 bits per heavy atom. The van der Waals surface area contributed by atoms with Crippen molar-refractivity contribution in [1.29, 1.82) is 0 Å². The van der Waals surface area contributed by atoms with Crippen molar-refractivity contribution >= 4 is 23.3 Å². The number of amides is 1. The summed E-state index contributed by atoms with van der Waals surface area (Å²) in [5.41, 5.74) is 2.04. The minimum absolute atomic E-state index is 0.0909. The third-order valence-electron chi connectivity index (χ3n) is 4.67. The van der Waals surface area contributed by atoms with E-state index in [0.717, 1.165) is 5.69 Å². The van der Waals surface area contributed by atoms with Gasteiger partial charge in [0.05, 0.1) is 30.0 Å². The molecule has 6 heteroatoms. The van der Waals surface area contributed by atoms with Crippen molar-refractivity contribution in [2.45, 2.75) is 12.8 Å². The van der Waals surface area contributed by atoms with Crippen molar-refractivity contribution in [3.63, 3.8) is 0 Å². The zero-order valence-electron chi connectivity index (χ0n) is 14.6. The third-order valence-corrected chi connectivity index (χ3v) is 4.67. The van der Waals surface area contributed by atoms with Gasteiger partial charge in [0.15, 0.2) is 0 Å². The van der Waals surface area contributed by atoms with Gasteiger partial charge in [-0.2, -0.15) is 0 Å². The average Bonchev–Trinajstić information content (AvgIpc) is 2.68. The van der Waals surface area contributed by atoms with Crippen molar-refractivity contribution < 1.29 is 19.4 Å². The molecule has 136 valence electrons. The molecule has 0 radical (unpaired) electrons. The first-order chi connectivity index (χ1) is 12.6. The molecule has 0 saturated carbocycles. The number of nitrogens with zero attached hydrogens (tertiary/aromatic N) is 1. The van der Waals surface area contributed by atoms with E-state index in [2.05, 4.69) is 5.32 Å². The number of aliphatic carboxylic acids is 1. The first kappa shape index (κ1) is 17.8. The summed E-state index contributed by atoms with van der Waals surface area (Å²) in [5, 5.41) is 12.4. The number of hydrogen-bond acceptors (Lipinski definition) is 4. The van der Waals surface area contributed by atoms with Crippen molar-refractivity contribution in [1.82, 2.24) is 4.90 Å². The van der Waals surface area contributed by atoms with Crippen LogP contribution in [0.3, 0.4) is 0 Å². The van der Waals surface area contributed by atoms with Gasteiger partial charge < -0.3 is 20.1 Å². The van der Waals surface area contributed by atoms with Crippen molar-refractivity contribution in [2.75, 3.05) is 25.5 Å². The normalized spacial score (nSPS) is 14.7. The van der Waals surface area contributed by atoms with E-state index in [1.165, 1.54) is 0 Å². The van der Waals surface area contributed by atoms with Crippen LogP contribution in [0, 0.1) is 5.92 Å². The number of carboxylic acid groups (broad SMARTS) is 1. The molecule has 3 rings (SSSR count). The number of likely N-dealkylation sites (tertiary alicyclic amines) is 1. The topological polar surface area (TPSA) is 78.9 Å². The molecule has 26 heavy (non-hydrogen) atoms. The fourth-order valence-corrected chi connectivity index (χ4v) is 3.17. The maximum atomic E-state index is 12.9. The summed E-state index contributed by atoms with van der Waals surface area (Å²) < 4.78 is 5.35. The van der Waals surface area contributed by atoms with Crippen LogP contribution in [0.1, 0.15) is 23.2 Å². The van der Waals surface area contributed by atoms with Crippen LogP contribution >= 0.6 is 0 Å². The van der Waals surface area contributed by atoms with Crippen LogP contribution in [0.25, 0.3) is 0 Å². The highest BCUT2D eigenvalue weighted by molar-refractivity contribution is 6.00. The first-order valence-electron chi connectivity index (χ1n) is 8.61. The molecule has 2 aromatic carbocycles. The number of methoxy groups -OCH3 is 1. The molecule has 0 aromatic heterocycles. The molecule has 0 atom stereocenters.